The Morgan fingerprint density at radius 2 is 1.87 bits per heavy atom. The van der Waals surface area contributed by atoms with Crippen molar-refractivity contribution in [2.45, 2.75) is 26.2 Å². The smallest absolute Gasteiger partial charge is 0.0491 e. The lowest BCUT2D eigenvalue weighted by molar-refractivity contribution is 0.549. The SMILES string of the molecule is CCCN(C)P(c1ccccc1)c1cnccc1N1CCCC1. The lowest BCUT2D eigenvalue weighted by atomic mass is 10.3. The highest BCUT2D eigenvalue weighted by Crippen LogP contribution is 2.40. The van der Waals surface area contributed by atoms with E-state index in [-0.39, 0.29) is 0 Å². The average molecular weight is 327 g/mol. The molecule has 0 aliphatic carbocycles. The van der Waals surface area contributed by atoms with E-state index in [2.05, 4.69) is 71.1 Å². The number of hydrogen-bond donors (Lipinski definition) is 0. The summed E-state index contributed by atoms with van der Waals surface area (Å²) in [6, 6.07) is 13.1. The third kappa shape index (κ3) is 3.73. The highest BCUT2D eigenvalue weighted by molar-refractivity contribution is 7.71. The van der Waals surface area contributed by atoms with Gasteiger partial charge >= 0.3 is 0 Å². The van der Waals surface area contributed by atoms with Crippen molar-refractivity contribution >= 4 is 24.4 Å². The van der Waals surface area contributed by atoms with Crippen LogP contribution in [0.5, 0.6) is 0 Å². The molecule has 1 aliphatic rings. The summed E-state index contributed by atoms with van der Waals surface area (Å²) in [5, 5.41) is 2.80. The first-order chi connectivity index (χ1) is 11.3. The highest BCUT2D eigenvalue weighted by Gasteiger charge is 2.25. The Morgan fingerprint density at radius 1 is 1.13 bits per heavy atom. The Morgan fingerprint density at radius 3 is 2.57 bits per heavy atom. The molecule has 1 saturated heterocycles. The van der Waals surface area contributed by atoms with Crippen LogP contribution < -0.4 is 15.5 Å². The summed E-state index contributed by atoms with van der Waals surface area (Å²) in [6.45, 7) is 5.70. The highest BCUT2D eigenvalue weighted by atomic mass is 31.1. The third-order valence-corrected chi connectivity index (χ3v) is 6.81. The number of pyridine rings is 1. The molecule has 0 bridgehead atoms. The van der Waals surface area contributed by atoms with Gasteiger partial charge in [0.2, 0.25) is 0 Å². The van der Waals surface area contributed by atoms with Gasteiger partial charge < -0.3 is 4.90 Å². The van der Waals surface area contributed by atoms with E-state index in [1.165, 1.54) is 48.6 Å². The minimum Gasteiger partial charge on any atom is -0.371 e. The van der Waals surface area contributed by atoms with Crippen LogP contribution in [0.15, 0.2) is 48.8 Å². The van der Waals surface area contributed by atoms with E-state index in [9.17, 15) is 0 Å². The molecule has 1 aliphatic heterocycles. The van der Waals surface area contributed by atoms with Gasteiger partial charge in [-0.15, -0.1) is 0 Å². The van der Waals surface area contributed by atoms with E-state index in [0.717, 1.165) is 6.54 Å². The summed E-state index contributed by atoms with van der Waals surface area (Å²) >= 11 is 0. The molecular formula is C19H26N3P. The summed E-state index contributed by atoms with van der Waals surface area (Å²) in [5.41, 5.74) is 1.38. The fourth-order valence-corrected chi connectivity index (χ4v) is 5.78. The van der Waals surface area contributed by atoms with Gasteiger partial charge in [0, 0.05) is 51.1 Å². The van der Waals surface area contributed by atoms with Crippen molar-refractivity contribution in [2.24, 2.45) is 0 Å². The Hall–Kier alpha value is -1.44. The molecule has 0 spiro atoms. The Labute approximate surface area is 141 Å². The monoisotopic (exact) mass is 327 g/mol. The van der Waals surface area contributed by atoms with Gasteiger partial charge in [-0.25, -0.2) is 0 Å². The third-order valence-electron chi connectivity index (χ3n) is 4.34. The van der Waals surface area contributed by atoms with Gasteiger partial charge in [-0.1, -0.05) is 37.3 Å². The zero-order valence-electron chi connectivity index (χ0n) is 14.2. The largest absolute Gasteiger partial charge is 0.371 e. The molecule has 0 radical (unpaired) electrons. The van der Waals surface area contributed by atoms with Crippen LogP contribution >= 0.6 is 8.07 Å². The molecule has 1 aromatic carbocycles. The maximum absolute atomic E-state index is 4.47. The van der Waals surface area contributed by atoms with Crippen LogP contribution in [0.2, 0.25) is 0 Å². The first-order valence-corrected chi connectivity index (χ1v) is 9.86. The van der Waals surface area contributed by atoms with Crippen molar-refractivity contribution in [3.63, 3.8) is 0 Å². The van der Waals surface area contributed by atoms with E-state index in [0.29, 0.717) is 0 Å². The first-order valence-electron chi connectivity index (χ1n) is 8.56. The lowest BCUT2D eigenvalue weighted by Crippen LogP contribution is -2.31. The lowest BCUT2D eigenvalue weighted by Gasteiger charge is -2.32. The Bertz CT molecular complexity index is 611. The molecule has 1 fully saturated rings. The van der Waals surface area contributed by atoms with Crippen molar-refractivity contribution in [2.75, 3.05) is 31.6 Å². The zero-order valence-corrected chi connectivity index (χ0v) is 15.0. The Kier molecular flexibility index (Phi) is 5.64. The summed E-state index contributed by atoms with van der Waals surface area (Å²) in [4.78, 5) is 7.01. The van der Waals surface area contributed by atoms with Gasteiger partial charge in [0.05, 0.1) is 0 Å². The van der Waals surface area contributed by atoms with E-state index < -0.39 is 8.07 Å². The molecule has 3 nitrogen and oxygen atoms in total. The summed E-state index contributed by atoms with van der Waals surface area (Å²) in [5.74, 6) is 0. The van der Waals surface area contributed by atoms with E-state index in [1.54, 1.807) is 0 Å². The molecule has 122 valence electrons. The standard InChI is InChI=1S/C19H26N3P/c1-3-13-21(2)23(17-9-5-4-6-10-17)19-16-20-12-11-18(19)22-14-7-8-15-22/h4-6,9-12,16H,3,7-8,13-15H2,1-2H3. The number of rotatable bonds is 6. The van der Waals surface area contributed by atoms with Gasteiger partial charge in [0.1, 0.15) is 0 Å². The normalized spacial score (nSPS) is 16.0. The van der Waals surface area contributed by atoms with Crippen LogP contribution in [0.3, 0.4) is 0 Å². The van der Waals surface area contributed by atoms with Crippen molar-refractivity contribution in [3.8, 4) is 0 Å². The fourth-order valence-electron chi connectivity index (χ4n) is 3.28. The summed E-state index contributed by atoms with van der Waals surface area (Å²) < 4.78 is 2.52. The van der Waals surface area contributed by atoms with Crippen molar-refractivity contribution in [1.82, 2.24) is 9.65 Å². The molecule has 0 saturated carbocycles. The van der Waals surface area contributed by atoms with Crippen molar-refractivity contribution < 1.29 is 0 Å². The first kappa shape index (κ1) is 16.4. The van der Waals surface area contributed by atoms with Crippen LogP contribution in [-0.4, -0.2) is 36.3 Å². The molecular weight excluding hydrogens is 301 g/mol. The van der Waals surface area contributed by atoms with Crippen molar-refractivity contribution in [1.29, 1.82) is 0 Å². The van der Waals surface area contributed by atoms with Gasteiger partial charge in [-0.2, -0.15) is 0 Å². The molecule has 1 unspecified atom stereocenters. The number of aromatic nitrogens is 1. The van der Waals surface area contributed by atoms with Crippen LogP contribution in [0.25, 0.3) is 0 Å². The Balaban J connectivity index is 2.03. The van der Waals surface area contributed by atoms with E-state index in [1.807, 2.05) is 6.20 Å². The molecule has 23 heavy (non-hydrogen) atoms. The number of hydrogen-bond acceptors (Lipinski definition) is 3. The van der Waals surface area contributed by atoms with Crippen LogP contribution in [-0.2, 0) is 0 Å². The van der Waals surface area contributed by atoms with E-state index in [4.69, 9.17) is 0 Å². The molecule has 0 N–H and O–H groups in total. The maximum Gasteiger partial charge on any atom is 0.0491 e. The van der Waals surface area contributed by atoms with Crippen LogP contribution in [0.1, 0.15) is 26.2 Å². The van der Waals surface area contributed by atoms with Gasteiger partial charge in [-0.05, 0) is 37.7 Å². The van der Waals surface area contributed by atoms with Crippen LogP contribution in [0, 0.1) is 0 Å². The maximum atomic E-state index is 4.47. The molecule has 2 aromatic rings. The fraction of sp³-hybridized carbons (Fsp3) is 0.421. The van der Waals surface area contributed by atoms with Crippen molar-refractivity contribution in [3.05, 3.63) is 48.8 Å². The molecule has 1 atom stereocenters. The summed E-state index contributed by atoms with van der Waals surface area (Å²) in [7, 11) is 1.73. The molecule has 0 amide bonds. The molecule has 2 heterocycles. The molecule has 1 aromatic heterocycles. The predicted molar refractivity (Wildman–Crippen MR) is 101 cm³/mol. The second-order valence-electron chi connectivity index (χ2n) is 6.09. The van der Waals surface area contributed by atoms with Gasteiger partial charge in [-0.3, -0.25) is 9.65 Å². The number of benzene rings is 1. The second-order valence-corrected chi connectivity index (χ2v) is 8.39. The predicted octanol–water partition coefficient (Wildman–Crippen LogP) is 3.37. The number of nitrogens with zero attached hydrogens (tertiary/aromatic N) is 3. The second kappa shape index (κ2) is 7.90. The van der Waals surface area contributed by atoms with E-state index >= 15 is 0 Å². The molecule has 4 heteroatoms. The topological polar surface area (TPSA) is 19.4 Å². The van der Waals surface area contributed by atoms with Gasteiger partial charge in [0.25, 0.3) is 0 Å². The average Bonchev–Trinajstić information content (AvgIpc) is 3.11. The minimum atomic E-state index is -0.526. The summed E-state index contributed by atoms with van der Waals surface area (Å²) in [6.07, 6.45) is 7.81. The minimum absolute atomic E-state index is 0.526. The number of anilines is 1. The zero-order chi connectivity index (χ0) is 16.1. The van der Waals surface area contributed by atoms with Crippen LogP contribution in [0.4, 0.5) is 5.69 Å². The quantitative estimate of drug-likeness (QED) is 0.758. The molecule has 3 rings (SSSR count). The van der Waals surface area contributed by atoms with Gasteiger partial charge in [0.15, 0.2) is 0 Å².